The Balaban J connectivity index is 1.86. The molecular weight excluding hydrogens is 451 g/mol. The van der Waals surface area contributed by atoms with Crippen molar-refractivity contribution in [2.75, 3.05) is 18.6 Å². The van der Waals surface area contributed by atoms with Gasteiger partial charge in [0.05, 0.1) is 7.11 Å². The van der Waals surface area contributed by atoms with Crippen molar-refractivity contribution < 1.29 is 18.7 Å². The van der Waals surface area contributed by atoms with Gasteiger partial charge in [0.15, 0.2) is 0 Å². The molecule has 0 aliphatic heterocycles. The first kappa shape index (κ1) is 25.8. The first-order valence-electron chi connectivity index (χ1n) is 11.6. The molecule has 0 spiro atoms. The van der Waals surface area contributed by atoms with Crippen molar-refractivity contribution in [1.29, 1.82) is 0 Å². The summed E-state index contributed by atoms with van der Waals surface area (Å²) in [5, 5.41) is 15.2. The number of carbonyl (C=O) groups excluding carboxylic acids is 2. The Hall–Kier alpha value is -3.82. The Morgan fingerprint density at radius 3 is 2.57 bits per heavy atom. The van der Waals surface area contributed by atoms with E-state index in [0.29, 0.717) is 35.9 Å². The molecule has 3 rings (SSSR count). The summed E-state index contributed by atoms with van der Waals surface area (Å²) >= 11 is 0. The van der Waals surface area contributed by atoms with Gasteiger partial charge in [-0.3, -0.25) is 14.5 Å². The van der Waals surface area contributed by atoms with Crippen LogP contribution in [0.3, 0.4) is 0 Å². The fraction of sp³-hybridized carbons (Fsp3) is 0.400. The number of amides is 2. The molecule has 35 heavy (non-hydrogen) atoms. The molecule has 0 fully saturated rings. The Morgan fingerprint density at radius 1 is 1.17 bits per heavy atom. The Bertz CT molecular complexity index is 1130. The largest absolute Gasteiger partial charge is 0.497 e. The summed E-state index contributed by atoms with van der Waals surface area (Å²) in [6.45, 7) is 6.31. The van der Waals surface area contributed by atoms with E-state index in [0.717, 1.165) is 11.2 Å². The number of nitrogens with zero attached hydrogens (tertiary/aromatic N) is 5. The van der Waals surface area contributed by atoms with Crippen LogP contribution >= 0.6 is 0 Å². The number of hydrogen-bond acceptors (Lipinski definition) is 6. The summed E-state index contributed by atoms with van der Waals surface area (Å²) < 4.78 is 18.5. The summed E-state index contributed by atoms with van der Waals surface area (Å²) in [6.07, 6.45) is 1.24. The fourth-order valence-corrected chi connectivity index (χ4v) is 3.57. The van der Waals surface area contributed by atoms with Crippen LogP contribution in [0.5, 0.6) is 5.75 Å². The lowest BCUT2D eigenvalue weighted by molar-refractivity contribution is -0.127. The molecule has 1 aromatic heterocycles. The molecule has 1 heterocycles. The summed E-state index contributed by atoms with van der Waals surface area (Å²) in [5.74, 6) is 0.287. The lowest BCUT2D eigenvalue weighted by Crippen LogP contribution is -2.51. The van der Waals surface area contributed by atoms with Crippen LogP contribution in [0.15, 0.2) is 48.5 Å². The molecule has 0 radical (unpaired) electrons. The number of hydrogen-bond donors (Lipinski definition) is 1. The lowest BCUT2D eigenvalue weighted by atomic mass is 10.1. The molecule has 186 valence electrons. The number of rotatable bonds is 11. The van der Waals surface area contributed by atoms with E-state index >= 15 is 0 Å². The van der Waals surface area contributed by atoms with Crippen molar-refractivity contribution in [3.63, 3.8) is 0 Å². The number of methoxy groups -OCH3 is 1. The number of halogens is 1. The fourth-order valence-electron chi connectivity index (χ4n) is 3.57. The molecule has 0 aliphatic carbocycles. The van der Waals surface area contributed by atoms with Gasteiger partial charge in [-0.05, 0) is 60.4 Å². The molecule has 0 aliphatic rings. The van der Waals surface area contributed by atoms with Crippen LogP contribution in [0.25, 0.3) is 11.4 Å². The van der Waals surface area contributed by atoms with Crippen LogP contribution < -0.4 is 15.0 Å². The van der Waals surface area contributed by atoms with Crippen molar-refractivity contribution in [3.05, 3.63) is 54.3 Å². The normalized spacial score (nSPS) is 11.8. The van der Waals surface area contributed by atoms with E-state index in [1.165, 1.54) is 36.3 Å². The lowest BCUT2D eigenvalue weighted by Gasteiger charge is -2.30. The van der Waals surface area contributed by atoms with E-state index in [2.05, 4.69) is 34.6 Å². The Morgan fingerprint density at radius 2 is 1.91 bits per heavy atom. The minimum atomic E-state index is -0.734. The van der Waals surface area contributed by atoms with Crippen LogP contribution in [-0.2, 0) is 16.1 Å². The summed E-state index contributed by atoms with van der Waals surface area (Å²) in [6, 6.07) is 11.9. The highest BCUT2D eigenvalue weighted by Crippen LogP contribution is 2.25. The smallest absolute Gasteiger partial charge is 0.251 e. The molecule has 0 saturated carbocycles. The van der Waals surface area contributed by atoms with Crippen LogP contribution in [0.2, 0.25) is 0 Å². The Labute approximate surface area is 204 Å². The first-order chi connectivity index (χ1) is 16.8. The molecule has 9 nitrogen and oxygen atoms in total. The third kappa shape index (κ3) is 6.84. The number of anilines is 1. The van der Waals surface area contributed by atoms with Crippen LogP contribution in [0, 0.1) is 11.7 Å². The maximum atomic E-state index is 13.5. The van der Waals surface area contributed by atoms with Gasteiger partial charge in [0.2, 0.25) is 11.7 Å². The third-order valence-corrected chi connectivity index (χ3v) is 5.45. The number of tetrazole rings is 1. The second-order valence-corrected chi connectivity index (χ2v) is 8.51. The maximum absolute atomic E-state index is 13.5. The molecule has 10 heteroatoms. The van der Waals surface area contributed by atoms with Crippen molar-refractivity contribution in [3.8, 4) is 17.1 Å². The van der Waals surface area contributed by atoms with Gasteiger partial charge in [-0.1, -0.05) is 26.8 Å². The number of carbonyl (C=O) groups is 2. The predicted octanol–water partition coefficient (Wildman–Crippen LogP) is 3.46. The van der Waals surface area contributed by atoms with Crippen molar-refractivity contribution in [1.82, 2.24) is 25.5 Å². The van der Waals surface area contributed by atoms with Crippen LogP contribution in [0.4, 0.5) is 10.1 Å². The van der Waals surface area contributed by atoms with Gasteiger partial charge < -0.3 is 10.1 Å². The second kappa shape index (κ2) is 12.0. The van der Waals surface area contributed by atoms with Gasteiger partial charge in [-0.2, -0.15) is 4.80 Å². The minimum absolute atomic E-state index is 0.233. The highest BCUT2D eigenvalue weighted by Gasteiger charge is 2.30. The van der Waals surface area contributed by atoms with Gasteiger partial charge in [-0.15, -0.1) is 10.2 Å². The summed E-state index contributed by atoms with van der Waals surface area (Å²) in [4.78, 5) is 29.2. The molecule has 0 bridgehead atoms. The molecule has 0 saturated heterocycles. The van der Waals surface area contributed by atoms with E-state index < -0.39 is 6.04 Å². The number of benzene rings is 2. The maximum Gasteiger partial charge on any atom is 0.251 e. The SMILES string of the molecule is CC[C@@H](C(=O)NCCC(C)C)N(C(=O)Cn1nnc(-c2ccc(F)cc2)n1)c1cccc(OC)c1. The van der Waals surface area contributed by atoms with Crippen molar-refractivity contribution in [2.24, 2.45) is 5.92 Å². The molecule has 3 aromatic rings. The number of ether oxygens (including phenoxy) is 1. The van der Waals surface area contributed by atoms with E-state index in [1.807, 2.05) is 6.92 Å². The number of nitrogens with one attached hydrogen (secondary N) is 1. The van der Waals surface area contributed by atoms with Gasteiger partial charge in [-0.25, -0.2) is 4.39 Å². The zero-order chi connectivity index (χ0) is 25.4. The van der Waals surface area contributed by atoms with Gasteiger partial charge in [0.1, 0.15) is 24.2 Å². The summed E-state index contributed by atoms with van der Waals surface area (Å²) in [7, 11) is 1.54. The standard InChI is InChI=1S/C25H31FN6O3/c1-5-22(25(34)27-14-13-17(2)3)32(20-7-6-8-21(15-20)35-4)23(33)16-31-29-24(28-30-31)18-9-11-19(26)12-10-18/h6-12,15,17,22H,5,13-14,16H2,1-4H3,(H,27,34)/t22-/m0/s1. The van der Waals surface area contributed by atoms with Crippen LogP contribution in [-0.4, -0.2) is 51.7 Å². The first-order valence-corrected chi connectivity index (χ1v) is 11.6. The predicted molar refractivity (Wildman–Crippen MR) is 130 cm³/mol. The monoisotopic (exact) mass is 482 g/mol. The average molecular weight is 483 g/mol. The molecular formula is C25H31FN6O3. The molecule has 2 amide bonds. The Kier molecular flexibility index (Phi) is 8.88. The van der Waals surface area contributed by atoms with Gasteiger partial charge in [0, 0.05) is 23.9 Å². The highest BCUT2D eigenvalue weighted by molar-refractivity contribution is 6.00. The molecule has 0 unspecified atom stereocenters. The van der Waals surface area contributed by atoms with Crippen molar-refractivity contribution >= 4 is 17.5 Å². The van der Waals surface area contributed by atoms with E-state index in [-0.39, 0.29) is 30.0 Å². The van der Waals surface area contributed by atoms with Crippen LogP contribution in [0.1, 0.15) is 33.6 Å². The molecule has 1 N–H and O–H groups in total. The zero-order valence-corrected chi connectivity index (χ0v) is 20.4. The average Bonchev–Trinajstić information content (AvgIpc) is 3.30. The molecule has 1 atom stereocenters. The van der Waals surface area contributed by atoms with Gasteiger partial charge >= 0.3 is 0 Å². The molecule has 2 aromatic carbocycles. The van der Waals surface area contributed by atoms with E-state index in [4.69, 9.17) is 4.74 Å². The minimum Gasteiger partial charge on any atom is -0.497 e. The second-order valence-electron chi connectivity index (χ2n) is 8.51. The quantitative estimate of drug-likeness (QED) is 0.449. The highest BCUT2D eigenvalue weighted by atomic mass is 19.1. The zero-order valence-electron chi connectivity index (χ0n) is 20.4. The number of aromatic nitrogens is 4. The topological polar surface area (TPSA) is 102 Å². The third-order valence-electron chi connectivity index (χ3n) is 5.45. The van der Waals surface area contributed by atoms with E-state index in [9.17, 15) is 14.0 Å². The van der Waals surface area contributed by atoms with Crippen molar-refractivity contribution in [2.45, 2.75) is 46.2 Å². The summed E-state index contributed by atoms with van der Waals surface area (Å²) in [5.41, 5.74) is 1.10. The van der Waals surface area contributed by atoms with Gasteiger partial charge in [0.25, 0.3) is 5.91 Å². The van der Waals surface area contributed by atoms with E-state index in [1.54, 1.807) is 24.3 Å².